The van der Waals surface area contributed by atoms with Crippen molar-refractivity contribution in [2.45, 2.75) is 50.2 Å². The largest absolute Gasteiger partial charge is 0.375 e. The van der Waals surface area contributed by atoms with Crippen LogP contribution < -0.4 is 5.73 Å². The van der Waals surface area contributed by atoms with Crippen LogP contribution in [0.2, 0.25) is 0 Å². The van der Waals surface area contributed by atoms with E-state index in [0.717, 1.165) is 37.9 Å². The minimum atomic E-state index is -0.236. The summed E-state index contributed by atoms with van der Waals surface area (Å²) in [5.74, 6) is 0.139. The lowest BCUT2D eigenvalue weighted by molar-refractivity contribution is -0.0964. The maximum Gasteiger partial charge on any atom is 0.137 e. The van der Waals surface area contributed by atoms with Gasteiger partial charge in [-0.05, 0) is 59.2 Å². The van der Waals surface area contributed by atoms with E-state index in [1.54, 1.807) is 6.07 Å². The Kier molecular flexibility index (Phi) is 4.16. The van der Waals surface area contributed by atoms with Crippen molar-refractivity contribution in [2.24, 2.45) is 11.7 Å². The third kappa shape index (κ3) is 2.66. The number of halogens is 2. The van der Waals surface area contributed by atoms with E-state index < -0.39 is 0 Å². The number of hydrogen-bond donors (Lipinski definition) is 1. The normalized spacial score (nSPS) is 26.9. The molecule has 0 amide bonds. The lowest BCUT2D eigenvalue weighted by Crippen LogP contribution is -2.40. The number of nitrogens with two attached hydrogens (primary N) is 1. The molecule has 2 aliphatic rings. The van der Waals surface area contributed by atoms with Crippen molar-refractivity contribution in [1.82, 2.24) is 0 Å². The highest BCUT2D eigenvalue weighted by molar-refractivity contribution is 9.10. The van der Waals surface area contributed by atoms with Gasteiger partial charge < -0.3 is 10.5 Å². The fourth-order valence-electron chi connectivity index (χ4n) is 3.77. The molecule has 110 valence electrons. The number of benzene rings is 1. The van der Waals surface area contributed by atoms with Crippen LogP contribution in [0, 0.1) is 11.7 Å². The summed E-state index contributed by atoms with van der Waals surface area (Å²) in [5, 5.41) is 0. The Morgan fingerprint density at radius 1 is 1.35 bits per heavy atom. The van der Waals surface area contributed by atoms with E-state index >= 15 is 0 Å². The van der Waals surface area contributed by atoms with E-state index in [1.165, 1.54) is 18.9 Å². The second-order valence-corrected chi connectivity index (χ2v) is 6.95. The van der Waals surface area contributed by atoms with E-state index in [-0.39, 0.29) is 17.5 Å². The average molecular weight is 342 g/mol. The first-order valence-corrected chi connectivity index (χ1v) is 8.24. The van der Waals surface area contributed by atoms with Crippen LogP contribution in [0.5, 0.6) is 0 Å². The van der Waals surface area contributed by atoms with Crippen LogP contribution in [0.1, 0.15) is 50.1 Å². The van der Waals surface area contributed by atoms with Gasteiger partial charge in [0.15, 0.2) is 0 Å². The van der Waals surface area contributed by atoms with Gasteiger partial charge in [0.05, 0.1) is 10.1 Å². The Labute approximate surface area is 128 Å². The Morgan fingerprint density at radius 2 is 2.10 bits per heavy atom. The number of hydrogen-bond acceptors (Lipinski definition) is 2. The van der Waals surface area contributed by atoms with Crippen molar-refractivity contribution in [3.05, 3.63) is 34.1 Å². The van der Waals surface area contributed by atoms with Gasteiger partial charge in [0.2, 0.25) is 0 Å². The molecule has 0 radical (unpaired) electrons. The third-order valence-electron chi connectivity index (χ3n) is 4.89. The van der Waals surface area contributed by atoms with Crippen LogP contribution in [0.4, 0.5) is 4.39 Å². The van der Waals surface area contributed by atoms with Gasteiger partial charge in [-0.15, -0.1) is 0 Å². The highest BCUT2D eigenvalue weighted by Crippen LogP contribution is 2.45. The Balaban J connectivity index is 1.79. The minimum absolute atomic E-state index is 0.0559. The molecule has 2 N–H and O–H groups in total. The molecule has 1 aromatic rings. The lowest BCUT2D eigenvalue weighted by atomic mass is 9.79. The zero-order chi connectivity index (χ0) is 14.2. The predicted octanol–water partition coefficient (Wildman–Crippen LogP) is 4.33. The minimum Gasteiger partial charge on any atom is -0.375 e. The van der Waals surface area contributed by atoms with Gasteiger partial charge in [-0.2, -0.15) is 0 Å². The van der Waals surface area contributed by atoms with Gasteiger partial charge in [-0.3, -0.25) is 0 Å². The van der Waals surface area contributed by atoms with Gasteiger partial charge in [-0.25, -0.2) is 4.39 Å². The molecular formula is C16H21BrFNO. The monoisotopic (exact) mass is 341 g/mol. The molecule has 2 unspecified atom stereocenters. The summed E-state index contributed by atoms with van der Waals surface area (Å²) in [6.45, 7) is 0.783. The topological polar surface area (TPSA) is 35.2 Å². The summed E-state index contributed by atoms with van der Waals surface area (Å²) in [6.07, 6.45) is 6.79. The first-order chi connectivity index (χ1) is 9.61. The Morgan fingerprint density at radius 3 is 2.85 bits per heavy atom. The molecule has 2 atom stereocenters. The van der Waals surface area contributed by atoms with Crippen molar-refractivity contribution in [2.75, 3.05) is 6.61 Å². The highest BCUT2D eigenvalue weighted by Gasteiger charge is 2.41. The second kappa shape index (κ2) is 5.74. The van der Waals surface area contributed by atoms with Crippen LogP contribution in [0.3, 0.4) is 0 Å². The standard InChI is InChI=1S/C16H21BrFNO/c17-14-12(4-3-5-13(14)18)15(19)11-6-9-20-16(10-11)7-1-2-8-16/h3-5,11,15H,1-2,6-10,19H2. The molecule has 1 spiro atoms. The van der Waals surface area contributed by atoms with Crippen molar-refractivity contribution in [3.8, 4) is 0 Å². The molecule has 0 bridgehead atoms. The highest BCUT2D eigenvalue weighted by atomic mass is 79.9. The molecule has 2 nitrogen and oxygen atoms in total. The molecular weight excluding hydrogens is 321 g/mol. The Bertz CT molecular complexity index is 487. The summed E-state index contributed by atoms with van der Waals surface area (Å²) in [5.41, 5.74) is 7.37. The van der Waals surface area contributed by atoms with Crippen molar-refractivity contribution in [3.63, 3.8) is 0 Å². The van der Waals surface area contributed by atoms with E-state index in [0.29, 0.717) is 10.4 Å². The first kappa shape index (κ1) is 14.5. The molecule has 3 rings (SSSR count). The summed E-state index contributed by atoms with van der Waals surface area (Å²) >= 11 is 3.34. The summed E-state index contributed by atoms with van der Waals surface area (Å²) in [7, 11) is 0. The average Bonchev–Trinajstić information content (AvgIpc) is 2.89. The molecule has 2 fully saturated rings. The van der Waals surface area contributed by atoms with E-state index in [1.807, 2.05) is 6.07 Å². The number of rotatable bonds is 2. The van der Waals surface area contributed by atoms with Gasteiger partial charge in [0, 0.05) is 12.6 Å². The smallest absolute Gasteiger partial charge is 0.137 e. The summed E-state index contributed by atoms with van der Waals surface area (Å²) < 4.78 is 20.2. The quantitative estimate of drug-likeness (QED) is 0.868. The molecule has 1 aromatic carbocycles. The second-order valence-electron chi connectivity index (χ2n) is 6.16. The third-order valence-corrected chi connectivity index (χ3v) is 5.73. The molecule has 1 saturated carbocycles. The van der Waals surface area contributed by atoms with Gasteiger partial charge >= 0.3 is 0 Å². The van der Waals surface area contributed by atoms with Gasteiger partial charge in [-0.1, -0.05) is 25.0 Å². The molecule has 1 aliphatic carbocycles. The summed E-state index contributed by atoms with van der Waals surface area (Å²) in [6, 6.07) is 5.00. The van der Waals surface area contributed by atoms with Crippen LogP contribution in [-0.4, -0.2) is 12.2 Å². The zero-order valence-corrected chi connectivity index (χ0v) is 13.2. The SMILES string of the molecule is NC(c1cccc(F)c1Br)C1CCOC2(CCCC2)C1. The van der Waals surface area contributed by atoms with E-state index in [4.69, 9.17) is 10.5 Å². The fourth-order valence-corrected chi connectivity index (χ4v) is 4.30. The van der Waals surface area contributed by atoms with Crippen molar-refractivity contribution in [1.29, 1.82) is 0 Å². The van der Waals surface area contributed by atoms with Crippen molar-refractivity contribution < 1.29 is 9.13 Å². The van der Waals surface area contributed by atoms with Crippen LogP contribution in [0.25, 0.3) is 0 Å². The van der Waals surface area contributed by atoms with Crippen LogP contribution in [-0.2, 0) is 4.74 Å². The molecule has 1 heterocycles. The van der Waals surface area contributed by atoms with Crippen LogP contribution >= 0.6 is 15.9 Å². The Hall–Kier alpha value is -0.450. The zero-order valence-electron chi connectivity index (χ0n) is 11.6. The lowest BCUT2D eigenvalue weighted by Gasteiger charge is -2.40. The maximum absolute atomic E-state index is 13.7. The predicted molar refractivity (Wildman–Crippen MR) is 80.9 cm³/mol. The van der Waals surface area contributed by atoms with Gasteiger partial charge in [0.1, 0.15) is 5.82 Å². The summed E-state index contributed by atoms with van der Waals surface area (Å²) in [4.78, 5) is 0. The van der Waals surface area contributed by atoms with E-state index in [9.17, 15) is 4.39 Å². The molecule has 1 aliphatic heterocycles. The van der Waals surface area contributed by atoms with E-state index in [2.05, 4.69) is 15.9 Å². The maximum atomic E-state index is 13.7. The molecule has 1 saturated heterocycles. The molecule has 4 heteroatoms. The van der Waals surface area contributed by atoms with Crippen molar-refractivity contribution >= 4 is 15.9 Å². The fraction of sp³-hybridized carbons (Fsp3) is 0.625. The van der Waals surface area contributed by atoms with Gasteiger partial charge in [0.25, 0.3) is 0 Å². The number of ether oxygens (including phenoxy) is 1. The molecule has 20 heavy (non-hydrogen) atoms. The molecule has 0 aromatic heterocycles. The first-order valence-electron chi connectivity index (χ1n) is 7.45. The van der Waals surface area contributed by atoms with Crippen LogP contribution in [0.15, 0.2) is 22.7 Å².